The van der Waals surface area contributed by atoms with Crippen molar-refractivity contribution in [2.24, 2.45) is 0 Å². The molecular formula is C20H18N4O2S2. The van der Waals surface area contributed by atoms with E-state index in [2.05, 4.69) is 20.8 Å². The molecule has 0 bridgehead atoms. The predicted octanol–water partition coefficient (Wildman–Crippen LogP) is 5.02. The Morgan fingerprint density at radius 3 is 2.82 bits per heavy atom. The molecule has 0 fully saturated rings. The van der Waals surface area contributed by atoms with Crippen molar-refractivity contribution < 1.29 is 9.21 Å². The Morgan fingerprint density at radius 1 is 1.14 bits per heavy atom. The first kappa shape index (κ1) is 18.5. The van der Waals surface area contributed by atoms with Gasteiger partial charge in [-0.05, 0) is 42.0 Å². The molecule has 6 nitrogen and oxygen atoms in total. The van der Waals surface area contributed by atoms with Gasteiger partial charge < -0.3 is 15.1 Å². The van der Waals surface area contributed by atoms with Crippen LogP contribution in [-0.2, 0) is 11.3 Å². The third-order valence-electron chi connectivity index (χ3n) is 4.06. The number of furan rings is 1. The molecule has 0 saturated heterocycles. The minimum atomic E-state index is -0.294. The molecule has 8 heteroatoms. The van der Waals surface area contributed by atoms with E-state index in [1.54, 1.807) is 6.26 Å². The Morgan fingerprint density at radius 2 is 2.00 bits per heavy atom. The first-order valence-corrected chi connectivity index (χ1v) is 10.4. The molecule has 142 valence electrons. The van der Waals surface area contributed by atoms with Crippen molar-refractivity contribution in [3.63, 3.8) is 0 Å². The first-order chi connectivity index (χ1) is 13.7. The van der Waals surface area contributed by atoms with E-state index in [-0.39, 0.29) is 11.2 Å². The second kappa shape index (κ2) is 8.45. The molecule has 4 rings (SSSR count). The van der Waals surface area contributed by atoms with E-state index in [4.69, 9.17) is 4.42 Å². The lowest BCUT2D eigenvalue weighted by atomic mass is 10.1. The van der Waals surface area contributed by atoms with Crippen molar-refractivity contribution in [2.75, 3.05) is 10.6 Å². The Balaban J connectivity index is 1.33. The summed E-state index contributed by atoms with van der Waals surface area (Å²) in [5, 5.41) is 17.0. The molecule has 0 aliphatic rings. The van der Waals surface area contributed by atoms with E-state index < -0.39 is 0 Å². The number of rotatable bonds is 7. The van der Waals surface area contributed by atoms with Crippen LogP contribution in [0.5, 0.6) is 0 Å². The Labute approximate surface area is 170 Å². The lowest BCUT2D eigenvalue weighted by molar-refractivity contribution is -0.115. The van der Waals surface area contributed by atoms with Crippen LogP contribution in [0.25, 0.3) is 10.8 Å². The summed E-state index contributed by atoms with van der Waals surface area (Å²) in [7, 11) is 0. The van der Waals surface area contributed by atoms with Gasteiger partial charge in [0.15, 0.2) is 4.34 Å². The van der Waals surface area contributed by atoms with Gasteiger partial charge in [0, 0.05) is 5.69 Å². The number of benzene rings is 2. The van der Waals surface area contributed by atoms with E-state index in [1.165, 1.54) is 23.1 Å². The van der Waals surface area contributed by atoms with Crippen LogP contribution in [0.1, 0.15) is 12.7 Å². The van der Waals surface area contributed by atoms with Crippen LogP contribution in [0.3, 0.4) is 0 Å². The smallest absolute Gasteiger partial charge is 0.237 e. The fraction of sp³-hybridized carbons (Fsp3) is 0.150. The number of hydrogen-bond donors (Lipinski definition) is 2. The van der Waals surface area contributed by atoms with Gasteiger partial charge in [-0.25, -0.2) is 0 Å². The number of carbonyl (C=O) groups is 1. The number of thioether (sulfide) groups is 1. The van der Waals surface area contributed by atoms with Crippen molar-refractivity contribution in [2.45, 2.75) is 23.1 Å². The zero-order valence-corrected chi connectivity index (χ0v) is 16.7. The second-order valence-corrected chi connectivity index (χ2v) is 8.68. The van der Waals surface area contributed by atoms with Gasteiger partial charge in [-0.1, -0.05) is 53.4 Å². The summed E-state index contributed by atoms with van der Waals surface area (Å²) in [6, 6.07) is 17.7. The Kier molecular flexibility index (Phi) is 5.59. The molecule has 2 heterocycles. The number of fused-ring (bicyclic) bond motifs is 1. The highest BCUT2D eigenvalue weighted by atomic mass is 32.2. The zero-order valence-electron chi connectivity index (χ0n) is 15.1. The molecule has 2 aromatic carbocycles. The van der Waals surface area contributed by atoms with Gasteiger partial charge >= 0.3 is 0 Å². The molecule has 0 spiro atoms. The molecule has 1 amide bonds. The largest absolute Gasteiger partial charge is 0.467 e. The zero-order chi connectivity index (χ0) is 19.3. The van der Waals surface area contributed by atoms with Gasteiger partial charge in [-0.15, -0.1) is 10.2 Å². The maximum atomic E-state index is 12.5. The van der Waals surface area contributed by atoms with E-state index in [9.17, 15) is 4.79 Å². The summed E-state index contributed by atoms with van der Waals surface area (Å²) in [5.41, 5.74) is 0.786. The average Bonchev–Trinajstić information content (AvgIpc) is 3.38. The number of nitrogens with zero attached hydrogens (tertiary/aromatic N) is 2. The van der Waals surface area contributed by atoms with Crippen LogP contribution in [0, 0.1) is 0 Å². The highest BCUT2D eigenvalue weighted by molar-refractivity contribution is 8.02. The van der Waals surface area contributed by atoms with Gasteiger partial charge in [0.1, 0.15) is 5.76 Å². The van der Waals surface area contributed by atoms with Crippen LogP contribution in [0.4, 0.5) is 10.8 Å². The Bertz CT molecular complexity index is 1080. The average molecular weight is 411 g/mol. The van der Waals surface area contributed by atoms with Crippen LogP contribution in [0.15, 0.2) is 69.6 Å². The fourth-order valence-electron chi connectivity index (χ4n) is 2.62. The third-order valence-corrected chi connectivity index (χ3v) is 6.13. The predicted molar refractivity (Wildman–Crippen MR) is 114 cm³/mol. The van der Waals surface area contributed by atoms with Crippen LogP contribution >= 0.6 is 23.1 Å². The van der Waals surface area contributed by atoms with Gasteiger partial charge in [-0.3, -0.25) is 4.79 Å². The molecule has 0 unspecified atom stereocenters. The standard InChI is InChI=1S/C20H18N4O2S2/c1-13(18(25)22-16-9-8-14-5-2-3-6-15(14)11-16)27-20-24-23-19(28-20)21-12-17-7-4-10-26-17/h2-11,13H,12H2,1H3,(H,21,23)(H,22,25)/t13-/m0/s1. The van der Waals surface area contributed by atoms with Gasteiger partial charge in [0.2, 0.25) is 11.0 Å². The van der Waals surface area contributed by atoms with E-state index in [1.807, 2.05) is 61.5 Å². The number of aromatic nitrogens is 2. The molecular weight excluding hydrogens is 392 g/mol. The van der Waals surface area contributed by atoms with Gasteiger partial charge in [0.25, 0.3) is 0 Å². The normalized spacial score (nSPS) is 12.0. The molecule has 0 aliphatic heterocycles. The van der Waals surface area contributed by atoms with Gasteiger partial charge in [-0.2, -0.15) is 0 Å². The monoisotopic (exact) mass is 410 g/mol. The molecule has 28 heavy (non-hydrogen) atoms. The van der Waals surface area contributed by atoms with E-state index >= 15 is 0 Å². The van der Waals surface area contributed by atoms with Crippen molar-refractivity contribution in [3.8, 4) is 0 Å². The van der Waals surface area contributed by atoms with Gasteiger partial charge in [0.05, 0.1) is 18.1 Å². The maximum Gasteiger partial charge on any atom is 0.237 e. The summed E-state index contributed by atoms with van der Waals surface area (Å²) in [6.45, 7) is 2.41. The molecule has 4 aromatic rings. The van der Waals surface area contributed by atoms with Crippen LogP contribution in [0.2, 0.25) is 0 Å². The summed E-state index contributed by atoms with van der Waals surface area (Å²) >= 11 is 2.80. The third kappa shape index (κ3) is 4.52. The molecule has 2 aromatic heterocycles. The molecule has 1 atom stereocenters. The molecule has 2 N–H and O–H groups in total. The summed E-state index contributed by atoms with van der Waals surface area (Å²) < 4.78 is 6.02. The molecule has 0 saturated carbocycles. The van der Waals surface area contributed by atoms with Crippen molar-refractivity contribution >= 4 is 50.6 Å². The lowest BCUT2D eigenvalue weighted by Gasteiger charge is -2.11. The number of nitrogens with one attached hydrogen (secondary N) is 2. The highest BCUT2D eigenvalue weighted by Gasteiger charge is 2.17. The number of hydrogen-bond acceptors (Lipinski definition) is 7. The van der Waals surface area contributed by atoms with Crippen molar-refractivity contribution in [3.05, 3.63) is 66.6 Å². The van der Waals surface area contributed by atoms with E-state index in [0.717, 1.165) is 26.6 Å². The summed E-state index contributed by atoms with van der Waals surface area (Å²) in [5.74, 6) is 0.758. The number of carbonyl (C=O) groups excluding carboxylic acids is 1. The van der Waals surface area contributed by atoms with Crippen LogP contribution < -0.4 is 10.6 Å². The summed E-state index contributed by atoms with van der Waals surface area (Å²) in [6.07, 6.45) is 1.63. The minimum absolute atomic E-state index is 0.0689. The fourth-order valence-corrected chi connectivity index (χ4v) is 4.51. The maximum absolute atomic E-state index is 12.5. The summed E-state index contributed by atoms with van der Waals surface area (Å²) in [4.78, 5) is 12.5. The Hall–Kier alpha value is -2.84. The van der Waals surface area contributed by atoms with E-state index in [0.29, 0.717) is 11.7 Å². The number of amides is 1. The van der Waals surface area contributed by atoms with Crippen LogP contribution in [-0.4, -0.2) is 21.4 Å². The molecule has 0 aliphatic carbocycles. The topological polar surface area (TPSA) is 80.1 Å². The number of anilines is 2. The highest BCUT2D eigenvalue weighted by Crippen LogP contribution is 2.30. The van der Waals surface area contributed by atoms with Crippen molar-refractivity contribution in [1.29, 1.82) is 0 Å². The quantitative estimate of drug-likeness (QED) is 0.417. The van der Waals surface area contributed by atoms with Crippen molar-refractivity contribution in [1.82, 2.24) is 10.2 Å². The minimum Gasteiger partial charge on any atom is -0.467 e. The molecule has 0 radical (unpaired) electrons. The SMILES string of the molecule is C[C@H](Sc1nnc(NCc2ccco2)s1)C(=O)Nc1ccc2ccccc2c1. The lowest BCUT2D eigenvalue weighted by Crippen LogP contribution is -2.22. The first-order valence-electron chi connectivity index (χ1n) is 8.73. The second-order valence-electron chi connectivity index (χ2n) is 6.12.